The van der Waals surface area contributed by atoms with Crippen molar-refractivity contribution in [3.05, 3.63) is 48.4 Å². The van der Waals surface area contributed by atoms with E-state index in [2.05, 4.69) is 49.5 Å². The molecule has 0 aliphatic rings. The zero-order chi connectivity index (χ0) is 21.3. The highest BCUT2D eigenvalue weighted by Crippen LogP contribution is 2.22. The van der Waals surface area contributed by atoms with Gasteiger partial charge in [-0.15, -0.1) is 5.10 Å². The van der Waals surface area contributed by atoms with Gasteiger partial charge in [0.2, 0.25) is 0 Å². The zero-order valence-electron chi connectivity index (χ0n) is 17.7. The molecular weight excluding hydrogens is 376 g/mol. The summed E-state index contributed by atoms with van der Waals surface area (Å²) in [7, 11) is 1.80. The van der Waals surface area contributed by atoms with E-state index in [0.717, 1.165) is 53.8 Å². The topological polar surface area (TPSA) is 103 Å². The molecule has 0 saturated carbocycles. The van der Waals surface area contributed by atoms with Crippen LogP contribution in [0.25, 0.3) is 16.6 Å². The molecule has 0 aromatic carbocycles. The van der Waals surface area contributed by atoms with Crippen molar-refractivity contribution in [2.75, 3.05) is 30.4 Å². The van der Waals surface area contributed by atoms with Crippen LogP contribution in [0.15, 0.2) is 42.9 Å². The third-order valence-electron chi connectivity index (χ3n) is 4.57. The van der Waals surface area contributed by atoms with Gasteiger partial charge in [0.15, 0.2) is 5.82 Å². The summed E-state index contributed by atoms with van der Waals surface area (Å²) in [6.07, 6.45) is 8.75. The van der Waals surface area contributed by atoms with Gasteiger partial charge in [-0.25, -0.2) is 4.98 Å². The van der Waals surface area contributed by atoms with E-state index in [4.69, 9.17) is 5.41 Å². The predicted octanol–water partition coefficient (Wildman–Crippen LogP) is 4.00. The second-order valence-corrected chi connectivity index (χ2v) is 6.90. The van der Waals surface area contributed by atoms with Gasteiger partial charge in [0.05, 0.1) is 22.9 Å². The fraction of sp³-hybridized carbons (Fsp3) is 0.318. The van der Waals surface area contributed by atoms with Crippen LogP contribution in [0.3, 0.4) is 0 Å². The minimum atomic E-state index is 0.649. The second-order valence-electron chi connectivity index (χ2n) is 6.90. The SMILES string of the molecule is CCCN(CCC)c1cnnc(Nc2ccc3ncc(/C(C=N)=C/NC)cc3n2)c1. The Morgan fingerprint density at radius 1 is 1.07 bits per heavy atom. The van der Waals surface area contributed by atoms with Gasteiger partial charge in [-0.05, 0) is 31.0 Å². The molecule has 0 aliphatic carbocycles. The van der Waals surface area contributed by atoms with Crippen LogP contribution in [0.5, 0.6) is 0 Å². The Bertz CT molecular complexity index is 1020. The van der Waals surface area contributed by atoms with Crippen LogP contribution in [0.4, 0.5) is 17.3 Å². The monoisotopic (exact) mass is 404 g/mol. The van der Waals surface area contributed by atoms with Crippen LogP contribution in [-0.4, -0.2) is 46.5 Å². The van der Waals surface area contributed by atoms with E-state index in [1.165, 1.54) is 6.21 Å². The maximum absolute atomic E-state index is 7.60. The van der Waals surface area contributed by atoms with Gasteiger partial charge in [-0.2, -0.15) is 5.10 Å². The molecule has 3 aromatic rings. The molecule has 30 heavy (non-hydrogen) atoms. The Kier molecular flexibility index (Phi) is 7.26. The molecule has 0 aliphatic heterocycles. The molecule has 0 radical (unpaired) electrons. The first kappa shape index (κ1) is 21.2. The number of hydrogen-bond acceptors (Lipinski definition) is 8. The first-order chi connectivity index (χ1) is 14.7. The molecule has 0 spiro atoms. The standard InChI is InChI=1S/C22H28N8/c1-4-8-30(9-5-2)18-11-22(29-26-15-18)28-21-7-6-19-20(27-21)10-16(14-25-19)17(12-23)13-24-3/h6-7,10-15,23-24H,4-5,8-9H2,1-3H3,(H,27,28,29)/b17-13+,23-12?. The third kappa shape index (κ3) is 5.08. The number of rotatable bonds is 10. The van der Waals surface area contributed by atoms with Crippen molar-refractivity contribution >= 4 is 40.1 Å². The Morgan fingerprint density at radius 2 is 1.87 bits per heavy atom. The molecule has 156 valence electrons. The van der Waals surface area contributed by atoms with Crippen LogP contribution in [-0.2, 0) is 0 Å². The molecule has 0 bridgehead atoms. The Hall–Kier alpha value is -3.55. The summed E-state index contributed by atoms with van der Waals surface area (Å²) in [4.78, 5) is 11.5. The van der Waals surface area contributed by atoms with Crippen molar-refractivity contribution in [2.24, 2.45) is 0 Å². The minimum absolute atomic E-state index is 0.649. The summed E-state index contributed by atoms with van der Waals surface area (Å²) >= 11 is 0. The van der Waals surface area contributed by atoms with Gasteiger partial charge in [0.1, 0.15) is 5.82 Å². The largest absolute Gasteiger partial charge is 0.393 e. The van der Waals surface area contributed by atoms with E-state index in [-0.39, 0.29) is 0 Å². The van der Waals surface area contributed by atoms with Crippen LogP contribution in [0, 0.1) is 5.41 Å². The van der Waals surface area contributed by atoms with Crippen LogP contribution in [0.2, 0.25) is 0 Å². The number of nitrogens with one attached hydrogen (secondary N) is 3. The summed E-state index contributed by atoms with van der Waals surface area (Å²) < 4.78 is 0. The van der Waals surface area contributed by atoms with Crippen molar-refractivity contribution < 1.29 is 0 Å². The Balaban J connectivity index is 1.87. The number of pyridine rings is 2. The first-order valence-corrected chi connectivity index (χ1v) is 10.2. The third-order valence-corrected chi connectivity index (χ3v) is 4.57. The first-order valence-electron chi connectivity index (χ1n) is 10.2. The highest BCUT2D eigenvalue weighted by Gasteiger charge is 2.09. The number of allylic oxidation sites excluding steroid dienone is 1. The van der Waals surface area contributed by atoms with E-state index < -0.39 is 0 Å². The van der Waals surface area contributed by atoms with Gasteiger partial charge in [0.25, 0.3) is 0 Å². The van der Waals surface area contributed by atoms with E-state index in [0.29, 0.717) is 11.6 Å². The maximum Gasteiger partial charge on any atom is 0.156 e. The van der Waals surface area contributed by atoms with Crippen molar-refractivity contribution in [3.8, 4) is 0 Å². The van der Waals surface area contributed by atoms with Gasteiger partial charge >= 0.3 is 0 Å². The summed E-state index contributed by atoms with van der Waals surface area (Å²) in [5.74, 6) is 1.32. The van der Waals surface area contributed by atoms with Crippen LogP contribution in [0.1, 0.15) is 32.3 Å². The maximum atomic E-state index is 7.60. The Morgan fingerprint density at radius 3 is 2.57 bits per heavy atom. The number of aromatic nitrogens is 4. The number of anilines is 3. The lowest BCUT2D eigenvalue weighted by Crippen LogP contribution is -2.25. The molecular formula is C22H28N8. The lowest BCUT2D eigenvalue weighted by atomic mass is 10.1. The van der Waals surface area contributed by atoms with Crippen molar-refractivity contribution in [2.45, 2.75) is 26.7 Å². The molecule has 3 heterocycles. The molecule has 8 heteroatoms. The molecule has 0 atom stereocenters. The van der Waals surface area contributed by atoms with E-state index in [9.17, 15) is 0 Å². The lowest BCUT2D eigenvalue weighted by molar-refractivity contribution is 0.741. The highest BCUT2D eigenvalue weighted by molar-refractivity contribution is 6.08. The molecule has 0 unspecified atom stereocenters. The average molecular weight is 405 g/mol. The van der Waals surface area contributed by atoms with Crippen molar-refractivity contribution in [1.82, 2.24) is 25.5 Å². The normalized spacial score (nSPS) is 11.4. The second kappa shape index (κ2) is 10.3. The van der Waals surface area contributed by atoms with Gasteiger partial charge in [-0.1, -0.05) is 13.8 Å². The van der Waals surface area contributed by atoms with Gasteiger partial charge in [0, 0.05) is 56.0 Å². The molecule has 3 N–H and O–H groups in total. The minimum Gasteiger partial charge on any atom is -0.393 e. The molecule has 0 amide bonds. The van der Waals surface area contributed by atoms with Crippen LogP contribution >= 0.6 is 0 Å². The zero-order valence-corrected chi connectivity index (χ0v) is 17.7. The smallest absolute Gasteiger partial charge is 0.156 e. The summed E-state index contributed by atoms with van der Waals surface area (Å²) in [6, 6.07) is 7.72. The number of fused-ring (bicyclic) bond motifs is 1. The summed E-state index contributed by atoms with van der Waals surface area (Å²) in [6.45, 7) is 6.31. The molecule has 3 aromatic heterocycles. The average Bonchev–Trinajstić information content (AvgIpc) is 2.77. The predicted molar refractivity (Wildman–Crippen MR) is 123 cm³/mol. The highest BCUT2D eigenvalue weighted by atomic mass is 15.2. The molecule has 0 saturated heterocycles. The molecule has 0 fully saturated rings. The quantitative estimate of drug-likeness (QED) is 0.439. The molecule has 8 nitrogen and oxygen atoms in total. The lowest BCUT2D eigenvalue weighted by Gasteiger charge is -2.23. The summed E-state index contributed by atoms with van der Waals surface area (Å²) in [5, 5.41) is 22.2. The van der Waals surface area contributed by atoms with Crippen molar-refractivity contribution in [1.29, 1.82) is 5.41 Å². The van der Waals surface area contributed by atoms with E-state index >= 15 is 0 Å². The number of hydrogen-bond donors (Lipinski definition) is 3. The van der Waals surface area contributed by atoms with Gasteiger partial charge < -0.3 is 20.9 Å². The van der Waals surface area contributed by atoms with Gasteiger partial charge in [-0.3, -0.25) is 4.98 Å². The Labute approximate surface area is 177 Å². The van der Waals surface area contributed by atoms with E-state index in [1.54, 1.807) is 25.6 Å². The fourth-order valence-electron chi connectivity index (χ4n) is 3.23. The van der Waals surface area contributed by atoms with E-state index in [1.807, 2.05) is 24.3 Å². The fourth-order valence-corrected chi connectivity index (χ4v) is 3.23. The number of nitrogens with zero attached hydrogens (tertiary/aromatic N) is 5. The summed E-state index contributed by atoms with van der Waals surface area (Å²) in [5.41, 5.74) is 4.14. The van der Waals surface area contributed by atoms with Crippen LogP contribution < -0.4 is 15.5 Å². The molecule has 3 rings (SSSR count). The van der Waals surface area contributed by atoms with Crippen molar-refractivity contribution in [3.63, 3.8) is 0 Å².